The van der Waals surface area contributed by atoms with Crippen LogP contribution in [0, 0.1) is 0 Å². The van der Waals surface area contributed by atoms with Crippen molar-refractivity contribution in [3.63, 3.8) is 0 Å². The number of imidazole rings is 1. The Kier molecular flexibility index (Phi) is 3.44. The first-order chi connectivity index (χ1) is 6.61. The van der Waals surface area contributed by atoms with E-state index in [1.165, 1.54) is 16.8 Å². The van der Waals surface area contributed by atoms with Crippen molar-refractivity contribution in [2.75, 3.05) is 5.73 Å². The number of anilines is 1. The summed E-state index contributed by atoms with van der Waals surface area (Å²) in [5.41, 5.74) is 13.1. The van der Waals surface area contributed by atoms with Gasteiger partial charge in [0.1, 0.15) is 16.0 Å². The largest absolute Gasteiger partial charge is 0.661 e. The maximum absolute atomic E-state index is 10.9. The molecule has 0 saturated carbocycles. The molecule has 1 amide bonds. The molecule has 1 radical (unpaired) electrons. The van der Waals surface area contributed by atoms with E-state index in [-0.39, 0.29) is 32.1 Å². The van der Waals surface area contributed by atoms with Gasteiger partial charge < -0.3 is 16.3 Å². The predicted octanol–water partition coefficient (Wildman–Crippen LogP) is 1.26. The van der Waals surface area contributed by atoms with Gasteiger partial charge in [-0.15, -0.1) is 0 Å². The molecule has 8 heteroatoms. The molecule has 0 fully saturated rings. The topological polar surface area (TPSA) is 97.1 Å². The van der Waals surface area contributed by atoms with Crippen LogP contribution >= 0.6 is 15.9 Å². The van der Waals surface area contributed by atoms with E-state index in [0.717, 1.165) is 0 Å². The number of carbonyl (C=O) groups is 1. The van der Waals surface area contributed by atoms with Crippen molar-refractivity contribution in [3.8, 4) is 0 Å². The fraction of sp³-hybridized carbons (Fsp3) is 0. The van der Waals surface area contributed by atoms with E-state index < -0.39 is 5.91 Å². The number of amides is 1. The Labute approximate surface area is 107 Å². The molecule has 0 spiro atoms. The molecular formula is C7H5BrN5ORe-. The zero-order valence-corrected chi connectivity index (χ0v) is 11.5. The fourth-order valence-electron chi connectivity index (χ4n) is 1.18. The van der Waals surface area contributed by atoms with Gasteiger partial charge in [-0.25, -0.2) is 9.97 Å². The number of nitrogens with zero attached hydrogens (tertiary/aromatic N) is 3. The zero-order chi connectivity index (χ0) is 10.3. The summed E-state index contributed by atoms with van der Waals surface area (Å²) in [7, 11) is 0. The summed E-state index contributed by atoms with van der Waals surface area (Å²) in [5, 5.41) is 0. The van der Waals surface area contributed by atoms with Gasteiger partial charge in [0, 0.05) is 32.8 Å². The van der Waals surface area contributed by atoms with E-state index in [9.17, 15) is 4.79 Å². The monoisotopic (exact) mass is 441 g/mol. The van der Waals surface area contributed by atoms with Crippen LogP contribution in [0.4, 0.5) is 5.82 Å². The van der Waals surface area contributed by atoms with Gasteiger partial charge in [0.2, 0.25) is 0 Å². The molecule has 0 unspecified atom stereocenters. The number of nitrogen functional groups attached to an aromatic ring is 1. The second kappa shape index (κ2) is 4.27. The van der Waals surface area contributed by atoms with Crippen LogP contribution in [0.1, 0.15) is 10.6 Å². The van der Waals surface area contributed by atoms with E-state index in [4.69, 9.17) is 11.5 Å². The Morgan fingerprint density at radius 2 is 2.27 bits per heavy atom. The Morgan fingerprint density at radius 3 is 2.87 bits per heavy atom. The summed E-state index contributed by atoms with van der Waals surface area (Å²) < 4.78 is 1.85. The third-order valence-corrected chi connectivity index (χ3v) is 2.30. The molecule has 0 aliphatic heterocycles. The van der Waals surface area contributed by atoms with Crippen molar-refractivity contribution >= 4 is 33.2 Å². The van der Waals surface area contributed by atoms with Gasteiger partial charge in [0.25, 0.3) is 0 Å². The van der Waals surface area contributed by atoms with E-state index >= 15 is 0 Å². The molecule has 2 aromatic rings. The van der Waals surface area contributed by atoms with Crippen LogP contribution in [-0.4, -0.2) is 20.3 Å². The van der Waals surface area contributed by atoms with E-state index in [2.05, 4.69) is 25.9 Å². The number of aromatic nitrogens is 3. The standard InChI is InChI=1S/C7H6BrN5O.Re/c8-4-3-5(9)11-1-2-13(3)7(12-4)6(10)14;/h1-2H,(H4,9,10,11,14);/p-1. The second-order valence-electron chi connectivity index (χ2n) is 2.59. The zero-order valence-electron chi connectivity index (χ0n) is 7.24. The van der Waals surface area contributed by atoms with Crippen LogP contribution in [-0.2, 0) is 20.4 Å². The molecule has 0 aliphatic rings. The molecule has 3 N–H and O–H groups in total. The summed E-state index contributed by atoms with van der Waals surface area (Å²) >= 11 is 3.15. The molecule has 2 rings (SSSR count). The molecule has 0 aliphatic carbocycles. The van der Waals surface area contributed by atoms with E-state index in [1.54, 1.807) is 0 Å². The molecule has 0 saturated heterocycles. The molecule has 2 heterocycles. The molecule has 0 aromatic carbocycles. The first-order valence-electron chi connectivity index (χ1n) is 3.65. The van der Waals surface area contributed by atoms with Gasteiger partial charge in [-0.3, -0.25) is 4.40 Å². The molecule has 0 bridgehead atoms. The fourth-order valence-corrected chi connectivity index (χ4v) is 1.74. The SMILES string of the molecule is [NH-]C(=O)c1nc(Br)c2c(N)nccn12.[Re]. The van der Waals surface area contributed by atoms with Gasteiger partial charge in [0.05, 0.1) is 0 Å². The van der Waals surface area contributed by atoms with Gasteiger partial charge in [-0.05, 0) is 15.9 Å². The molecule has 15 heavy (non-hydrogen) atoms. The Hall–Kier alpha value is -0.968. The number of nitrogens with two attached hydrogens (primary N) is 1. The summed E-state index contributed by atoms with van der Waals surface area (Å²) in [6.45, 7) is 0. The Balaban J connectivity index is 0.00000112. The quantitative estimate of drug-likeness (QED) is 0.721. The van der Waals surface area contributed by atoms with Crippen molar-refractivity contribution in [2.45, 2.75) is 0 Å². The average Bonchev–Trinajstić information content (AvgIpc) is 2.45. The van der Waals surface area contributed by atoms with Crippen molar-refractivity contribution in [2.24, 2.45) is 0 Å². The van der Waals surface area contributed by atoms with Gasteiger partial charge in [-0.2, -0.15) is 0 Å². The summed E-state index contributed by atoms with van der Waals surface area (Å²) in [4.78, 5) is 18.6. The van der Waals surface area contributed by atoms with Crippen molar-refractivity contribution in [1.82, 2.24) is 14.4 Å². The van der Waals surface area contributed by atoms with Gasteiger partial charge in [0.15, 0.2) is 11.6 Å². The molecule has 6 nitrogen and oxygen atoms in total. The number of nitrogens with one attached hydrogen (secondary N) is 1. The predicted molar refractivity (Wildman–Crippen MR) is 53.8 cm³/mol. The van der Waals surface area contributed by atoms with Crippen molar-refractivity contribution in [3.05, 3.63) is 28.6 Å². The van der Waals surface area contributed by atoms with Crippen LogP contribution in [0.2, 0.25) is 0 Å². The van der Waals surface area contributed by atoms with Gasteiger partial charge in [-0.1, -0.05) is 0 Å². The Morgan fingerprint density at radius 1 is 1.60 bits per heavy atom. The Bertz CT molecular complexity index is 525. The summed E-state index contributed by atoms with van der Waals surface area (Å²) in [6, 6.07) is 0. The molecular weight excluding hydrogens is 436 g/mol. The van der Waals surface area contributed by atoms with E-state index in [0.29, 0.717) is 10.1 Å². The number of carbonyl (C=O) groups excluding carboxylic acids is 1. The second-order valence-corrected chi connectivity index (χ2v) is 3.34. The van der Waals surface area contributed by atoms with Gasteiger partial charge >= 0.3 is 0 Å². The average molecular weight is 441 g/mol. The van der Waals surface area contributed by atoms with Crippen molar-refractivity contribution < 1.29 is 25.2 Å². The number of hydrogen-bond donors (Lipinski definition) is 1. The third-order valence-electron chi connectivity index (χ3n) is 1.74. The first kappa shape index (κ1) is 12.1. The first-order valence-corrected chi connectivity index (χ1v) is 4.44. The molecule has 2 aromatic heterocycles. The number of fused-ring (bicyclic) bond motifs is 1. The minimum Gasteiger partial charge on any atom is -0.661 e. The normalized spacial score (nSPS) is 9.93. The number of hydrogen-bond acceptors (Lipinski definition) is 4. The summed E-state index contributed by atoms with van der Waals surface area (Å²) in [6.07, 6.45) is 2.98. The maximum atomic E-state index is 10.9. The van der Waals surface area contributed by atoms with Crippen molar-refractivity contribution in [1.29, 1.82) is 0 Å². The van der Waals surface area contributed by atoms with Crippen LogP contribution in [0.25, 0.3) is 11.3 Å². The van der Waals surface area contributed by atoms with Crippen LogP contribution < -0.4 is 5.73 Å². The molecule has 0 atom stereocenters. The summed E-state index contributed by atoms with van der Waals surface area (Å²) in [5.74, 6) is -0.586. The minimum absolute atomic E-state index is 0. The molecule has 79 valence electrons. The minimum atomic E-state index is -0.865. The maximum Gasteiger partial charge on any atom is 0.163 e. The smallest absolute Gasteiger partial charge is 0.163 e. The van der Waals surface area contributed by atoms with Crippen LogP contribution in [0.5, 0.6) is 0 Å². The van der Waals surface area contributed by atoms with Crippen LogP contribution in [0.3, 0.4) is 0 Å². The number of halogens is 1. The van der Waals surface area contributed by atoms with E-state index in [1.807, 2.05) is 0 Å². The van der Waals surface area contributed by atoms with Crippen LogP contribution in [0.15, 0.2) is 17.0 Å². The third kappa shape index (κ3) is 1.88. The number of rotatable bonds is 1.